The monoisotopic (exact) mass is 224 g/mol. The van der Waals surface area contributed by atoms with Crippen LogP contribution in [0.25, 0.3) is 0 Å². The van der Waals surface area contributed by atoms with E-state index < -0.39 is 6.10 Å². The second-order valence-corrected chi connectivity index (χ2v) is 3.42. The van der Waals surface area contributed by atoms with Crippen molar-refractivity contribution in [3.63, 3.8) is 0 Å². The lowest BCUT2D eigenvalue weighted by molar-refractivity contribution is 0.112. The molecule has 16 heavy (non-hydrogen) atoms. The summed E-state index contributed by atoms with van der Waals surface area (Å²) in [7, 11) is 0. The van der Waals surface area contributed by atoms with E-state index in [4.69, 9.17) is 14.6 Å². The molecule has 0 amide bonds. The van der Waals surface area contributed by atoms with Gasteiger partial charge in [-0.25, -0.2) is 0 Å². The van der Waals surface area contributed by atoms with Crippen molar-refractivity contribution >= 4 is 6.29 Å². The van der Waals surface area contributed by atoms with Gasteiger partial charge in [-0.2, -0.15) is 0 Å². The van der Waals surface area contributed by atoms with Gasteiger partial charge in [0.1, 0.15) is 12.9 Å². The van der Waals surface area contributed by atoms with E-state index in [0.717, 1.165) is 6.29 Å². The van der Waals surface area contributed by atoms with Crippen molar-refractivity contribution in [1.82, 2.24) is 0 Å². The molecule has 0 spiro atoms. The first kappa shape index (κ1) is 12.5. The molecular weight excluding hydrogens is 208 g/mol. The van der Waals surface area contributed by atoms with E-state index >= 15 is 0 Å². The standard InChI is InChI=1S/C12H16O4/c1-3-15-12-6-10(7-13)4-5-11(12)16-8-9(2)14/h4-7,9,14H,3,8H2,1-2H3. The van der Waals surface area contributed by atoms with Crippen molar-refractivity contribution in [3.8, 4) is 11.5 Å². The van der Waals surface area contributed by atoms with Crippen molar-refractivity contribution in [2.24, 2.45) is 0 Å². The van der Waals surface area contributed by atoms with Gasteiger partial charge in [0.25, 0.3) is 0 Å². The van der Waals surface area contributed by atoms with Crippen LogP contribution in [0.5, 0.6) is 11.5 Å². The Hall–Kier alpha value is -1.55. The molecule has 0 aliphatic rings. The van der Waals surface area contributed by atoms with Gasteiger partial charge >= 0.3 is 0 Å². The Morgan fingerprint density at radius 2 is 2.12 bits per heavy atom. The molecular formula is C12H16O4. The molecule has 1 aromatic carbocycles. The Morgan fingerprint density at radius 3 is 2.69 bits per heavy atom. The maximum Gasteiger partial charge on any atom is 0.161 e. The van der Waals surface area contributed by atoms with Crippen molar-refractivity contribution < 1.29 is 19.4 Å². The van der Waals surface area contributed by atoms with Crippen LogP contribution >= 0.6 is 0 Å². The van der Waals surface area contributed by atoms with Gasteiger partial charge < -0.3 is 14.6 Å². The number of hydrogen-bond donors (Lipinski definition) is 1. The minimum Gasteiger partial charge on any atom is -0.490 e. The number of aliphatic hydroxyl groups is 1. The van der Waals surface area contributed by atoms with E-state index in [1.54, 1.807) is 25.1 Å². The molecule has 4 nitrogen and oxygen atoms in total. The summed E-state index contributed by atoms with van der Waals surface area (Å²) in [6, 6.07) is 4.93. The van der Waals surface area contributed by atoms with Crippen LogP contribution in [0.1, 0.15) is 24.2 Å². The maximum absolute atomic E-state index is 10.6. The molecule has 1 atom stereocenters. The molecule has 0 aliphatic carbocycles. The molecule has 4 heteroatoms. The Labute approximate surface area is 94.8 Å². The molecule has 1 aromatic rings. The number of benzene rings is 1. The molecule has 0 aromatic heterocycles. The highest BCUT2D eigenvalue weighted by atomic mass is 16.5. The van der Waals surface area contributed by atoms with Gasteiger partial charge in [0.2, 0.25) is 0 Å². The number of carbonyl (C=O) groups excluding carboxylic acids is 1. The lowest BCUT2D eigenvalue weighted by atomic mass is 10.2. The first-order chi connectivity index (χ1) is 7.67. The summed E-state index contributed by atoms with van der Waals surface area (Å²) in [6.45, 7) is 4.18. The third kappa shape index (κ3) is 3.55. The number of rotatable bonds is 6. The maximum atomic E-state index is 10.6. The Morgan fingerprint density at radius 1 is 1.38 bits per heavy atom. The predicted molar refractivity (Wildman–Crippen MR) is 60.2 cm³/mol. The molecule has 0 radical (unpaired) electrons. The van der Waals surface area contributed by atoms with E-state index in [1.165, 1.54) is 0 Å². The van der Waals surface area contributed by atoms with Gasteiger partial charge in [0, 0.05) is 5.56 Å². The molecule has 0 heterocycles. The van der Waals surface area contributed by atoms with Gasteiger partial charge in [-0.3, -0.25) is 4.79 Å². The van der Waals surface area contributed by atoms with Crippen LogP contribution in [0.2, 0.25) is 0 Å². The van der Waals surface area contributed by atoms with Crippen molar-refractivity contribution in [3.05, 3.63) is 23.8 Å². The minimum atomic E-state index is -0.541. The zero-order valence-corrected chi connectivity index (χ0v) is 9.47. The third-order valence-corrected chi connectivity index (χ3v) is 1.88. The van der Waals surface area contributed by atoms with Crippen LogP contribution in [-0.2, 0) is 0 Å². The van der Waals surface area contributed by atoms with E-state index in [1.807, 2.05) is 6.92 Å². The SMILES string of the molecule is CCOc1cc(C=O)ccc1OCC(C)O. The van der Waals surface area contributed by atoms with Crippen LogP contribution in [0.4, 0.5) is 0 Å². The van der Waals surface area contributed by atoms with Gasteiger partial charge in [-0.15, -0.1) is 0 Å². The molecule has 0 aliphatic heterocycles. The Kier molecular flexibility index (Phi) is 4.79. The first-order valence-electron chi connectivity index (χ1n) is 5.20. The molecule has 0 fully saturated rings. The molecule has 0 bridgehead atoms. The lowest BCUT2D eigenvalue weighted by Gasteiger charge is -2.13. The first-order valence-corrected chi connectivity index (χ1v) is 5.20. The average Bonchev–Trinajstić information content (AvgIpc) is 2.27. The Balaban J connectivity index is 2.84. The highest BCUT2D eigenvalue weighted by molar-refractivity contribution is 5.76. The summed E-state index contributed by atoms with van der Waals surface area (Å²) in [6.07, 6.45) is 0.210. The van der Waals surface area contributed by atoms with Gasteiger partial charge in [0.15, 0.2) is 11.5 Å². The Bertz CT molecular complexity index is 347. The quantitative estimate of drug-likeness (QED) is 0.746. The molecule has 1 N–H and O–H groups in total. The van der Waals surface area contributed by atoms with Crippen molar-refractivity contribution in [1.29, 1.82) is 0 Å². The minimum absolute atomic E-state index is 0.195. The molecule has 1 rings (SSSR count). The number of ether oxygens (including phenoxy) is 2. The predicted octanol–water partition coefficient (Wildman–Crippen LogP) is 1.66. The molecule has 88 valence electrons. The smallest absolute Gasteiger partial charge is 0.161 e. The number of aldehydes is 1. The second kappa shape index (κ2) is 6.12. The highest BCUT2D eigenvalue weighted by Crippen LogP contribution is 2.28. The average molecular weight is 224 g/mol. The molecule has 0 saturated heterocycles. The summed E-state index contributed by atoms with van der Waals surface area (Å²) in [5, 5.41) is 9.11. The summed E-state index contributed by atoms with van der Waals surface area (Å²) in [5.74, 6) is 1.06. The van der Waals surface area contributed by atoms with Crippen LogP contribution in [0.15, 0.2) is 18.2 Å². The fourth-order valence-corrected chi connectivity index (χ4v) is 1.20. The van der Waals surface area contributed by atoms with E-state index in [2.05, 4.69) is 0 Å². The largest absolute Gasteiger partial charge is 0.490 e. The van der Waals surface area contributed by atoms with Crippen LogP contribution in [-0.4, -0.2) is 30.7 Å². The fourth-order valence-electron chi connectivity index (χ4n) is 1.20. The summed E-state index contributed by atoms with van der Waals surface area (Å²) in [5.41, 5.74) is 0.535. The molecule has 0 saturated carbocycles. The number of aliphatic hydroxyl groups excluding tert-OH is 1. The van der Waals surface area contributed by atoms with Crippen LogP contribution in [0, 0.1) is 0 Å². The zero-order chi connectivity index (χ0) is 12.0. The highest BCUT2D eigenvalue weighted by Gasteiger charge is 2.07. The third-order valence-electron chi connectivity index (χ3n) is 1.88. The van der Waals surface area contributed by atoms with Gasteiger partial charge in [0.05, 0.1) is 12.7 Å². The van der Waals surface area contributed by atoms with Gasteiger partial charge in [-0.05, 0) is 32.0 Å². The van der Waals surface area contributed by atoms with E-state index in [-0.39, 0.29) is 6.61 Å². The fraction of sp³-hybridized carbons (Fsp3) is 0.417. The second-order valence-electron chi connectivity index (χ2n) is 3.42. The topological polar surface area (TPSA) is 55.8 Å². The number of carbonyl (C=O) groups is 1. The van der Waals surface area contributed by atoms with Crippen LogP contribution < -0.4 is 9.47 Å². The van der Waals surface area contributed by atoms with Crippen molar-refractivity contribution in [2.45, 2.75) is 20.0 Å². The summed E-state index contributed by atoms with van der Waals surface area (Å²) in [4.78, 5) is 10.6. The number of hydrogen-bond acceptors (Lipinski definition) is 4. The van der Waals surface area contributed by atoms with Crippen molar-refractivity contribution in [2.75, 3.05) is 13.2 Å². The zero-order valence-electron chi connectivity index (χ0n) is 9.47. The van der Waals surface area contributed by atoms with Gasteiger partial charge in [-0.1, -0.05) is 0 Å². The van der Waals surface area contributed by atoms with Crippen LogP contribution in [0.3, 0.4) is 0 Å². The summed E-state index contributed by atoms with van der Waals surface area (Å²) >= 11 is 0. The summed E-state index contributed by atoms with van der Waals surface area (Å²) < 4.78 is 10.7. The van der Waals surface area contributed by atoms with E-state index in [0.29, 0.717) is 23.7 Å². The molecule has 1 unspecified atom stereocenters. The van der Waals surface area contributed by atoms with E-state index in [9.17, 15) is 4.79 Å². The normalized spacial score (nSPS) is 11.9. The lowest BCUT2D eigenvalue weighted by Crippen LogP contribution is -2.13.